The van der Waals surface area contributed by atoms with Crippen LogP contribution in [-0.4, -0.2) is 15.4 Å². The van der Waals surface area contributed by atoms with Gasteiger partial charge in [-0.15, -0.1) is 11.6 Å². The summed E-state index contributed by atoms with van der Waals surface area (Å²) in [7, 11) is 0. The second kappa shape index (κ2) is 5.42. The molecule has 0 atom stereocenters. The Labute approximate surface area is 128 Å². The van der Waals surface area contributed by atoms with Gasteiger partial charge in [-0.2, -0.15) is 0 Å². The van der Waals surface area contributed by atoms with Crippen LogP contribution < -0.4 is 5.56 Å². The van der Waals surface area contributed by atoms with Crippen LogP contribution in [0.15, 0.2) is 50.3 Å². The molecule has 20 heavy (non-hydrogen) atoms. The fourth-order valence-corrected chi connectivity index (χ4v) is 2.56. The quantitative estimate of drug-likeness (QED) is 0.675. The van der Waals surface area contributed by atoms with Gasteiger partial charge in [-0.3, -0.25) is 9.36 Å². The van der Waals surface area contributed by atoms with Crippen molar-refractivity contribution in [1.29, 1.82) is 0 Å². The summed E-state index contributed by atoms with van der Waals surface area (Å²) >= 11 is 9.05. The van der Waals surface area contributed by atoms with Crippen LogP contribution in [0, 0.1) is 0 Å². The summed E-state index contributed by atoms with van der Waals surface area (Å²) in [5, 5.41) is 0.576. The lowest BCUT2D eigenvalue weighted by atomic mass is 10.2. The van der Waals surface area contributed by atoms with Gasteiger partial charge in [0.05, 0.1) is 10.9 Å². The van der Waals surface area contributed by atoms with Crippen molar-refractivity contribution in [1.82, 2.24) is 9.55 Å². The normalized spacial score (nSPS) is 11.1. The maximum Gasteiger partial charge on any atom is 0.261 e. The maximum absolute atomic E-state index is 12.5. The number of halogens is 2. The molecule has 3 aromatic rings. The Morgan fingerprint density at radius 3 is 2.75 bits per heavy atom. The highest BCUT2D eigenvalue weighted by Crippen LogP contribution is 2.24. The second-order valence-electron chi connectivity index (χ2n) is 4.20. The minimum Gasteiger partial charge on any atom is -0.446 e. The van der Waals surface area contributed by atoms with Crippen molar-refractivity contribution in [3.8, 4) is 11.6 Å². The van der Waals surface area contributed by atoms with Gasteiger partial charge in [-0.05, 0) is 40.2 Å². The first-order valence-electron chi connectivity index (χ1n) is 6.02. The molecule has 0 fully saturated rings. The molecule has 0 aliphatic rings. The standard InChI is InChI=1S/C14H10BrClN2O2/c15-12-6-5-11(20-12)13-17-10-4-2-1-3-9(10)14(19)18(13)8-7-16/h1-6H,7-8H2. The van der Waals surface area contributed by atoms with Crippen molar-refractivity contribution < 1.29 is 4.42 Å². The van der Waals surface area contributed by atoms with Crippen molar-refractivity contribution in [2.45, 2.75) is 6.54 Å². The highest BCUT2D eigenvalue weighted by Gasteiger charge is 2.14. The summed E-state index contributed by atoms with van der Waals surface area (Å²) in [6, 6.07) is 10.8. The maximum atomic E-state index is 12.5. The Bertz CT molecular complexity index is 825. The van der Waals surface area contributed by atoms with Crippen molar-refractivity contribution in [3.05, 3.63) is 51.4 Å². The summed E-state index contributed by atoms with van der Waals surface area (Å²) in [6.45, 7) is 0.381. The van der Waals surface area contributed by atoms with Gasteiger partial charge in [0.2, 0.25) is 0 Å². The average molecular weight is 354 g/mol. The first kappa shape index (κ1) is 13.4. The predicted molar refractivity (Wildman–Crippen MR) is 82.1 cm³/mol. The van der Waals surface area contributed by atoms with Crippen molar-refractivity contribution in [2.24, 2.45) is 0 Å². The molecule has 0 amide bonds. The average Bonchev–Trinajstić information content (AvgIpc) is 2.88. The van der Waals surface area contributed by atoms with Crippen LogP contribution in [0.5, 0.6) is 0 Å². The monoisotopic (exact) mass is 352 g/mol. The molecule has 0 radical (unpaired) electrons. The van der Waals surface area contributed by atoms with Gasteiger partial charge >= 0.3 is 0 Å². The number of nitrogens with zero attached hydrogens (tertiary/aromatic N) is 2. The van der Waals surface area contributed by atoms with E-state index in [2.05, 4.69) is 20.9 Å². The highest BCUT2D eigenvalue weighted by molar-refractivity contribution is 9.10. The van der Waals surface area contributed by atoms with E-state index in [4.69, 9.17) is 16.0 Å². The minimum atomic E-state index is -0.112. The fraction of sp³-hybridized carbons (Fsp3) is 0.143. The number of furan rings is 1. The first-order valence-corrected chi connectivity index (χ1v) is 7.34. The number of rotatable bonds is 3. The van der Waals surface area contributed by atoms with E-state index in [0.717, 1.165) is 0 Å². The number of hydrogen-bond acceptors (Lipinski definition) is 3. The third kappa shape index (κ3) is 2.27. The molecule has 0 spiro atoms. The van der Waals surface area contributed by atoms with Crippen LogP contribution >= 0.6 is 27.5 Å². The molecule has 0 N–H and O–H groups in total. The largest absolute Gasteiger partial charge is 0.446 e. The lowest BCUT2D eigenvalue weighted by Crippen LogP contribution is -2.24. The highest BCUT2D eigenvalue weighted by atomic mass is 79.9. The molecular formula is C14H10BrClN2O2. The Hall–Kier alpha value is -1.59. The molecule has 1 aromatic carbocycles. The summed E-state index contributed by atoms with van der Waals surface area (Å²) in [4.78, 5) is 17.1. The molecule has 0 saturated heterocycles. The first-order chi connectivity index (χ1) is 9.70. The number of benzene rings is 1. The van der Waals surface area contributed by atoms with Crippen LogP contribution in [0.3, 0.4) is 0 Å². The molecule has 102 valence electrons. The summed E-state index contributed by atoms with van der Waals surface area (Å²) in [6.07, 6.45) is 0. The molecule has 6 heteroatoms. The summed E-state index contributed by atoms with van der Waals surface area (Å²) in [5.41, 5.74) is 0.532. The summed E-state index contributed by atoms with van der Waals surface area (Å²) < 4.78 is 7.64. The topological polar surface area (TPSA) is 48.0 Å². The van der Waals surface area contributed by atoms with Crippen molar-refractivity contribution in [3.63, 3.8) is 0 Å². The van der Waals surface area contributed by atoms with Crippen LogP contribution in [0.2, 0.25) is 0 Å². The van der Waals surface area contributed by atoms with Gasteiger partial charge in [0, 0.05) is 12.4 Å². The molecule has 3 rings (SSSR count). The lowest BCUT2D eigenvalue weighted by Gasteiger charge is -2.10. The van der Waals surface area contributed by atoms with Crippen LogP contribution in [0.25, 0.3) is 22.5 Å². The number of fused-ring (bicyclic) bond motifs is 1. The number of hydrogen-bond donors (Lipinski definition) is 0. The zero-order valence-corrected chi connectivity index (χ0v) is 12.7. The molecular weight excluding hydrogens is 344 g/mol. The minimum absolute atomic E-state index is 0.112. The molecule has 2 aromatic heterocycles. The zero-order chi connectivity index (χ0) is 14.1. The van der Waals surface area contributed by atoms with E-state index in [0.29, 0.717) is 39.6 Å². The van der Waals surface area contributed by atoms with E-state index in [1.165, 1.54) is 0 Å². The molecule has 0 aliphatic heterocycles. The van der Waals surface area contributed by atoms with E-state index >= 15 is 0 Å². The molecule has 0 unspecified atom stereocenters. The van der Waals surface area contributed by atoms with E-state index in [9.17, 15) is 4.79 Å². The fourth-order valence-electron chi connectivity index (χ4n) is 2.08. The molecule has 0 bridgehead atoms. The zero-order valence-electron chi connectivity index (χ0n) is 10.3. The van der Waals surface area contributed by atoms with Crippen molar-refractivity contribution >= 4 is 38.4 Å². The number of alkyl halides is 1. The Morgan fingerprint density at radius 2 is 2.05 bits per heavy atom. The molecule has 0 saturated carbocycles. The van der Waals surface area contributed by atoms with Gasteiger partial charge in [0.15, 0.2) is 16.3 Å². The second-order valence-corrected chi connectivity index (χ2v) is 5.36. The van der Waals surface area contributed by atoms with Crippen LogP contribution in [0.4, 0.5) is 0 Å². The molecule has 4 nitrogen and oxygen atoms in total. The Kier molecular flexibility index (Phi) is 3.63. The van der Waals surface area contributed by atoms with Crippen molar-refractivity contribution in [2.75, 3.05) is 5.88 Å². The SMILES string of the molecule is O=c1c2ccccc2nc(-c2ccc(Br)o2)n1CCCl. The smallest absolute Gasteiger partial charge is 0.261 e. The summed E-state index contributed by atoms with van der Waals surface area (Å²) in [5.74, 6) is 1.35. The van der Waals surface area contributed by atoms with Gasteiger partial charge in [-0.25, -0.2) is 4.98 Å². The van der Waals surface area contributed by atoms with E-state index in [-0.39, 0.29) is 5.56 Å². The lowest BCUT2D eigenvalue weighted by molar-refractivity contribution is 0.543. The van der Waals surface area contributed by atoms with E-state index in [1.807, 2.05) is 18.2 Å². The predicted octanol–water partition coefficient (Wildman–Crippen LogP) is 3.66. The van der Waals surface area contributed by atoms with E-state index < -0.39 is 0 Å². The third-order valence-corrected chi connectivity index (χ3v) is 3.56. The van der Waals surface area contributed by atoms with Crippen LogP contribution in [0.1, 0.15) is 0 Å². The van der Waals surface area contributed by atoms with Crippen LogP contribution in [-0.2, 0) is 6.54 Å². The van der Waals surface area contributed by atoms with Gasteiger partial charge in [-0.1, -0.05) is 12.1 Å². The Balaban J connectivity index is 2.34. The molecule has 0 aliphatic carbocycles. The third-order valence-electron chi connectivity index (χ3n) is 2.96. The number of para-hydroxylation sites is 1. The van der Waals surface area contributed by atoms with E-state index in [1.54, 1.807) is 22.8 Å². The number of aromatic nitrogens is 2. The Morgan fingerprint density at radius 1 is 1.25 bits per heavy atom. The molecule has 2 heterocycles. The van der Waals surface area contributed by atoms with Gasteiger partial charge < -0.3 is 4.42 Å². The van der Waals surface area contributed by atoms with Gasteiger partial charge in [0.1, 0.15) is 0 Å². The van der Waals surface area contributed by atoms with Gasteiger partial charge in [0.25, 0.3) is 5.56 Å².